The van der Waals surface area contributed by atoms with Crippen molar-refractivity contribution in [2.75, 3.05) is 0 Å². The lowest BCUT2D eigenvalue weighted by Gasteiger charge is -2.31. The van der Waals surface area contributed by atoms with Crippen molar-refractivity contribution in [3.05, 3.63) is 198 Å². The van der Waals surface area contributed by atoms with Crippen molar-refractivity contribution in [3.63, 3.8) is 0 Å². The maximum Gasteiger partial charge on any atom is 0.0521 e. The molecule has 0 aliphatic heterocycles. The highest BCUT2D eigenvalue weighted by Crippen LogP contribution is 2.35. The summed E-state index contributed by atoms with van der Waals surface area (Å²) in [5, 5.41) is 12.1. The molecule has 3 heteroatoms. The molecule has 0 heterocycles. The molecule has 2 N–H and O–H groups in total. The standard InChI is InChI=1S/C41H39N2P/c1-32-18-14-15-23-35(32)30-42-40(33-19-6-2-7-20-33)41(34-21-8-3-9-22-34)43-31-36-24-16-17-29-39(36)44(37-25-10-4-11-26-37)38-27-12-5-13-28-38/h2-29,40-43H,30-31H2,1H3/t40-,41-/m1/s1. The van der Waals surface area contributed by atoms with E-state index in [1.807, 2.05) is 0 Å². The van der Waals surface area contributed by atoms with E-state index in [1.54, 1.807) is 0 Å². The highest BCUT2D eigenvalue weighted by molar-refractivity contribution is 7.79. The van der Waals surface area contributed by atoms with E-state index in [1.165, 1.54) is 43.7 Å². The summed E-state index contributed by atoms with van der Waals surface area (Å²) in [6, 6.07) is 61.4. The Morgan fingerprint density at radius 1 is 0.432 bits per heavy atom. The molecular weight excluding hydrogens is 551 g/mol. The zero-order valence-corrected chi connectivity index (χ0v) is 26.1. The largest absolute Gasteiger partial charge is 0.304 e. The van der Waals surface area contributed by atoms with Crippen molar-refractivity contribution < 1.29 is 0 Å². The molecule has 0 bridgehead atoms. The van der Waals surface area contributed by atoms with Gasteiger partial charge in [0.05, 0.1) is 12.1 Å². The van der Waals surface area contributed by atoms with Crippen LogP contribution in [-0.4, -0.2) is 0 Å². The van der Waals surface area contributed by atoms with E-state index in [-0.39, 0.29) is 12.1 Å². The van der Waals surface area contributed by atoms with Gasteiger partial charge < -0.3 is 10.6 Å². The second kappa shape index (κ2) is 14.9. The summed E-state index contributed by atoms with van der Waals surface area (Å²) in [5.74, 6) is 0. The van der Waals surface area contributed by atoms with Crippen molar-refractivity contribution >= 4 is 23.8 Å². The molecule has 0 aliphatic carbocycles. The quantitative estimate of drug-likeness (QED) is 0.141. The van der Waals surface area contributed by atoms with Gasteiger partial charge in [-0.15, -0.1) is 0 Å². The normalized spacial score (nSPS) is 12.6. The summed E-state index contributed by atoms with van der Waals surface area (Å²) in [7, 11) is -0.707. The van der Waals surface area contributed by atoms with Crippen molar-refractivity contribution in [3.8, 4) is 0 Å². The van der Waals surface area contributed by atoms with Gasteiger partial charge in [-0.25, -0.2) is 0 Å². The molecule has 0 radical (unpaired) electrons. The van der Waals surface area contributed by atoms with Gasteiger partial charge >= 0.3 is 0 Å². The van der Waals surface area contributed by atoms with Crippen LogP contribution < -0.4 is 26.5 Å². The highest BCUT2D eigenvalue weighted by atomic mass is 31.1. The lowest BCUT2D eigenvalue weighted by molar-refractivity contribution is 0.381. The molecule has 44 heavy (non-hydrogen) atoms. The molecule has 0 fully saturated rings. The van der Waals surface area contributed by atoms with Gasteiger partial charge in [0.15, 0.2) is 0 Å². The van der Waals surface area contributed by atoms with Crippen LogP contribution in [0, 0.1) is 6.92 Å². The maximum absolute atomic E-state index is 4.05. The summed E-state index contributed by atoms with van der Waals surface area (Å²) in [6.07, 6.45) is 0. The Morgan fingerprint density at radius 2 is 0.818 bits per heavy atom. The Labute approximate surface area is 263 Å². The Hall–Kier alpha value is -4.33. The molecule has 0 saturated heterocycles. The average molecular weight is 591 g/mol. The summed E-state index contributed by atoms with van der Waals surface area (Å²) < 4.78 is 0. The van der Waals surface area contributed by atoms with E-state index in [0.717, 1.165) is 13.1 Å². The number of aryl methyl sites for hydroxylation is 1. The molecule has 6 aromatic carbocycles. The third-order valence-electron chi connectivity index (χ3n) is 8.20. The molecule has 2 atom stereocenters. The average Bonchev–Trinajstić information content (AvgIpc) is 3.09. The van der Waals surface area contributed by atoms with Gasteiger partial charge in [0.2, 0.25) is 0 Å². The Bertz CT molecular complexity index is 1680. The van der Waals surface area contributed by atoms with E-state index in [4.69, 9.17) is 0 Å². The molecule has 0 aromatic heterocycles. The smallest absolute Gasteiger partial charge is 0.0521 e. The number of hydrogen-bond donors (Lipinski definition) is 2. The minimum absolute atomic E-state index is 0.0513. The second-order valence-corrected chi connectivity index (χ2v) is 13.3. The van der Waals surface area contributed by atoms with Crippen LogP contribution in [0.4, 0.5) is 0 Å². The topological polar surface area (TPSA) is 24.1 Å². The SMILES string of the molecule is Cc1ccccc1CN[C@H](c1ccccc1)[C@H](NCc1ccccc1P(c1ccccc1)c1ccccc1)c1ccccc1. The maximum atomic E-state index is 4.05. The molecule has 218 valence electrons. The Morgan fingerprint density at radius 3 is 1.32 bits per heavy atom. The first-order valence-electron chi connectivity index (χ1n) is 15.4. The summed E-state index contributed by atoms with van der Waals surface area (Å²) in [4.78, 5) is 0. The fraction of sp³-hybridized carbons (Fsp3) is 0.122. The number of hydrogen-bond acceptors (Lipinski definition) is 2. The van der Waals surface area contributed by atoms with Crippen molar-refractivity contribution in [1.29, 1.82) is 0 Å². The third-order valence-corrected chi connectivity index (χ3v) is 10.7. The molecule has 6 rings (SSSR count). The molecule has 2 nitrogen and oxygen atoms in total. The van der Waals surface area contributed by atoms with Crippen LogP contribution >= 0.6 is 7.92 Å². The first kappa shape index (κ1) is 29.7. The summed E-state index contributed by atoms with van der Waals surface area (Å²) in [5.41, 5.74) is 6.50. The monoisotopic (exact) mass is 590 g/mol. The van der Waals surface area contributed by atoms with Crippen molar-refractivity contribution in [2.24, 2.45) is 0 Å². The van der Waals surface area contributed by atoms with Gasteiger partial charge in [-0.05, 0) is 58.6 Å². The molecule has 6 aromatic rings. The van der Waals surface area contributed by atoms with Gasteiger partial charge in [0, 0.05) is 13.1 Å². The lowest BCUT2D eigenvalue weighted by Crippen LogP contribution is -2.36. The Balaban J connectivity index is 1.36. The predicted octanol–water partition coefficient (Wildman–Crippen LogP) is 8.12. The summed E-state index contributed by atoms with van der Waals surface area (Å²) in [6.45, 7) is 3.74. The van der Waals surface area contributed by atoms with Crippen LogP contribution in [0.25, 0.3) is 0 Å². The van der Waals surface area contributed by atoms with E-state index in [9.17, 15) is 0 Å². The first-order valence-corrected chi connectivity index (χ1v) is 16.7. The van der Waals surface area contributed by atoms with Gasteiger partial charge in [-0.2, -0.15) is 0 Å². The highest BCUT2D eigenvalue weighted by Gasteiger charge is 2.26. The molecule has 0 aliphatic rings. The van der Waals surface area contributed by atoms with Gasteiger partial charge in [0.25, 0.3) is 0 Å². The van der Waals surface area contributed by atoms with Crippen LogP contribution in [0.3, 0.4) is 0 Å². The molecule has 0 spiro atoms. The predicted molar refractivity (Wildman–Crippen MR) is 188 cm³/mol. The van der Waals surface area contributed by atoms with Crippen LogP contribution in [0.1, 0.15) is 39.9 Å². The van der Waals surface area contributed by atoms with Crippen molar-refractivity contribution in [2.45, 2.75) is 32.1 Å². The van der Waals surface area contributed by atoms with Crippen LogP contribution in [0.2, 0.25) is 0 Å². The zero-order chi connectivity index (χ0) is 30.0. The van der Waals surface area contributed by atoms with E-state index >= 15 is 0 Å². The van der Waals surface area contributed by atoms with Crippen molar-refractivity contribution in [1.82, 2.24) is 10.6 Å². The van der Waals surface area contributed by atoms with E-state index in [0.29, 0.717) is 0 Å². The van der Waals surface area contributed by atoms with E-state index < -0.39 is 7.92 Å². The molecule has 0 amide bonds. The molecule has 0 saturated carbocycles. The zero-order valence-electron chi connectivity index (χ0n) is 25.2. The third kappa shape index (κ3) is 7.24. The Kier molecular flexibility index (Phi) is 10.1. The number of benzene rings is 6. The first-order chi connectivity index (χ1) is 21.8. The number of nitrogens with one attached hydrogen (secondary N) is 2. The fourth-order valence-corrected chi connectivity index (χ4v) is 8.36. The minimum Gasteiger partial charge on any atom is -0.304 e. The van der Waals surface area contributed by atoms with Gasteiger partial charge in [0.1, 0.15) is 0 Å². The van der Waals surface area contributed by atoms with Crippen LogP contribution in [-0.2, 0) is 13.1 Å². The minimum atomic E-state index is -0.707. The molecular formula is C41H39N2P. The van der Waals surface area contributed by atoms with E-state index in [2.05, 4.69) is 187 Å². The van der Waals surface area contributed by atoms with Gasteiger partial charge in [-0.1, -0.05) is 170 Å². The van der Waals surface area contributed by atoms with Crippen LogP contribution in [0.15, 0.2) is 170 Å². The number of rotatable bonds is 12. The summed E-state index contributed by atoms with van der Waals surface area (Å²) >= 11 is 0. The molecule has 0 unspecified atom stereocenters. The lowest BCUT2D eigenvalue weighted by atomic mass is 9.92. The van der Waals surface area contributed by atoms with Gasteiger partial charge in [-0.3, -0.25) is 0 Å². The fourth-order valence-electron chi connectivity index (χ4n) is 5.89. The second-order valence-electron chi connectivity index (χ2n) is 11.1. The van der Waals surface area contributed by atoms with Crippen LogP contribution in [0.5, 0.6) is 0 Å².